The van der Waals surface area contributed by atoms with Gasteiger partial charge in [-0.1, -0.05) is 24.6 Å². The molecule has 3 aromatic heterocycles. The normalized spacial score (nSPS) is 11.2. The second kappa shape index (κ2) is 7.23. The number of rotatable bonds is 6. The van der Waals surface area contributed by atoms with Crippen LogP contribution in [0, 0.1) is 0 Å². The number of unbranched alkanes of at least 4 members (excludes halogenated alkanes) is 1. The summed E-state index contributed by atoms with van der Waals surface area (Å²) in [5.74, 6) is 0. The fourth-order valence-corrected chi connectivity index (χ4v) is 3.21. The zero-order valence-corrected chi connectivity index (χ0v) is 16.1. The maximum Gasteiger partial charge on any atom is 0.249 e. The van der Waals surface area contributed by atoms with Crippen LogP contribution in [0.3, 0.4) is 0 Å². The summed E-state index contributed by atoms with van der Waals surface area (Å²) in [4.78, 5) is 2.08. The molecule has 6 nitrogen and oxygen atoms in total. The number of anilines is 1. The van der Waals surface area contributed by atoms with Gasteiger partial charge in [-0.2, -0.15) is 4.40 Å². The molecular formula is C21H25N6+. The Labute approximate surface area is 159 Å². The summed E-state index contributed by atoms with van der Waals surface area (Å²) >= 11 is 0. The zero-order valence-electron chi connectivity index (χ0n) is 16.1. The third kappa shape index (κ3) is 3.43. The van der Waals surface area contributed by atoms with Crippen molar-refractivity contribution in [1.29, 1.82) is 0 Å². The number of hydrogen-bond donors (Lipinski definition) is 0. The van der Waals surface area contributed by atoms with E-state index < -0.39 is 0 Å². The molecule has 0 radical (unpaired) electrons. The minimum Gasteiger partial charge on any atom is -0.378 e. The number of fused-ring (bicyclic) bond motifs is 1. The summed E-state index contributed by atoms with van der Waals surface area (Å²) in [6, 6.07) is 14.6. The van der Waals surface area contributed by atoms with Gasteiger partial charge < -0.3 is 4.90 Å². The molecule has 6 heteroatoms. The molecule has 4 rings (SSSR count). The van der Waals surface area contributed by atoms with Crippen LogP contribution in [0.5, 0.6) is 0 Å². The largest absolute Gasteiger partial charge is 0.378 e. The molecule has 1 aromatic carbocycles. The average Bonchev–Trinajstić information content (AvgIpc) is 3.33. The van der Waals surface area contributed by atoms with Crippen molar-refractivity contribution in [2.24, 2.45) is 0 Å². The highest BCUT2D eigenvalue weighted by atomic mass is 15.4. The van der Waals surface area contributed by atoms with Gasteiger partial charge in [0, 0.05) is 19.8 Å². The number of pyridine rings is 1. The van der Waals surface area contributed by atoms with Gasteiger partial charge in [-0.05, 0) is 42.8 Å². The van der Waals surface area contributed by atoms with Crippen LogP contribution in [0.15, 0.2) is 61.2 Å². The molecule has 3 heterocycles. The minimum atomic E-state index is 0.857. The predicted molar refractivity (Wildman–Crippen MR) is 107 cm³/mol. The van der Waals surface area contributed by atoms with Gasteiger partial charge in [0.05, 0.1) is 18.4 Å². The molecule has 0 amide bonds. The lowest BCUT2D eigenvalue weighted by molar-refractivity contribution is -0.695. The molecular weight excluding hydrogens is 336 g/mol. The second-order valence-corrected chi connectivity index (χ2v) is 7.00. The maximum atomic E-state index is 4.41. The lowest BCUT2D eigenvalue weighted by Gasteiger charge is -2.12. The fourth-order valence-electron chi connectivity index (χ4n) is 3.21. The van der Waals surface area contributed by atoms with Crippen LogP contribution in [-0.2, 0) is 6.54 Å². The van der Waals surface area contributed by atoms with Crippen LogP contribution in [-0.4, -0.2) is 33.5 Å². The molecule has 138 valence electrons. The SMILES string of the molecule is CCCC[n+]1cc2cccc(-c3cn(-c4ccc(N(C)C)cc4)nn3)n2c1. The summed E-state index contributed by atoms with van der Waals surface area (Å²) in [6.45, 7) is 3.24. The lowest BCUT2D eigenvalue weighted by Crippen LogP contribution is -2.30. The smallest absolute Gasteiger partial charge is 0.249 e. The third-order valence-corrected chi connectivity index (χ3v) is 4.78. The Morgan fingerprint density at radius 2 is 1.89 bits per heavy atom. The van der Waals surface area contributed by atoms with Crippen molar-refractivity contribution in [3.8, 4) is 17.1 Å². The van der Waals surface area contributed by atoms with E-state index in [1.165, 1.54) is 12.8 Å². The molecule has 0 saturated heterocycles. The Balaban J connectivity index is 1.67. The predicted octanol–water partition coefficient (Wildman–Crippen LogP) is 3.34. The molecule has 0 saturated carbocycles. The van der Waals surface area contributed by atoms with Crippen LogP contribution < -0.4 is 9.47 Å². The van der Waals surface area contributed by atoms with E-state index in [1.807, 2.05) is 25.0 Å². The number of imidazole rings is 1. The van der Waals surface area contributed by atoms with E-state index in [0.29, 0.717) is 0 Å². The quantitative estimate of drug-likeness (QED) is 0.495. The van der Waals surface area contributed by atoms with Crippen molar-refractivity contribution in [2.75, 3.05) is 19.0 Å². The van der Waals surface area contributed by atoms with Gasteiger partial charge in [0.1, 0.15) is 6.20 Å². The first-order valence-electron chi connectivity index (χ1n) is 9.36. The van der Waals surface area contributed by atoms with Gasteiger partial charge in [-0.25, -0.2) is 9.25 Å². The second-order valence-electron chi connectivity index (χ2n) is 7.00. The molecule has 0 aliphatic rings. The summed E-state index contributed by atoms with van der Waals surface area (Å²) in [5, 5.41) is 8.75. The van der Waals surface area contributed by atoms with E-state index in [4.69, 9.17) is 0 Å². The van der Waals surface area contributed by atoms with Gasteiger partial charge in [0.25, 0.3) is 0 Å². The molecule has 0 atom stereocenters. The van der Waals surface area contributed by atoms with E-state index in [0.717, 1.165) is 34.8 Å². The number of nitrogens with zero attached hydrogens (tertiary/aromatic N) is 6. The summed E-state index contributed by atoms with van der Waals surface area (Å²) in [5.41, 5.74) is 5.22. The van der Waals surface area contributed by atoms with Crippen LogP contribution in [0.2, 0.25) is 0 Å². The summed E-state index contributed by atoms with van der Waals surface area (Å²) in [6.07, 6.45) is 8.67. The highest BCUT2D eigenvalue weighted by Gasteiger charge is 2.15. The van der Waals surface area contributed by atoms with Crippen molar-refractivity contribution >= 4 is 11.2 Å². The highest BCUT2D eigenvalue weighted by molar-refractivity contribution is 5.60. The van der Waals surface area contributed by atoms with Gasteiger partial charge in [0.15, 0.2) is 16.9 Å². The molecule has 0 unspecified atom stereocenters. The zero-order chi connectivity index (χ0) is 18.8. The number of benzene rings is 1. The fraction of sp³-hybridized carbons (Fsp3) is 0.286. The molecule has 0 aliphatic heterocycles. The van der Waals surface area contributed by atoms with Crippen molar-refractivity contribution in [1.82, 2.24) is 19.4 Å². The first-order valence-corrected chi connectivity index (χ1v) is 9.36. The monoisotopic (exact) mass is 361 g/mol. The molecule has 0 spiro atoms. The Hall–Kier alpha value is -3.15. The molecule has 0 N–H and O–H groups in total. The van der Waals surface area contributed by atoms with Crippen molar-refractivity contribution < 1.29 is 4.57 Å². The summed E-state index contributed by atoms with van der Waals surface area (Å²) in [7, 11) is 4.07. The standard InChI is InChI=1S/C21H25N6/c1-4-5-13-25-14-19-7-6-8-21(26(19)16-25)20-15-27(23-22-20)18-11-9-17(10-12-18)24(2)3/h6-12,14-16H,4-5,13H2,1-3H3/q+1. The van der Waals surface area contributed by atoms with Gasteiger partial charge in [0.2, 0.25) is 6.33 Å². The Morgan fingerprint density at radius 1 is 1.07 bits per heavy atom. The maximum absolute atomic E-state index is 4.41. The van der Waals surface area contributed by atoms with Gasteiger partial charge in [-0.3, -0.25) is 0 Å². The first kappa shape index (κ1) is 17.3. The van der Waals surface area contributed by atoms with Crippen molar-refractivity contribution in [2.45, 2.75) is 26.3 Å². The topological polar surface area (TPSA) is 42.2 Å². The Morgan fingerprint density at radius 3 is 2.63 bits per heavy atom. The Bertz CT molecular complexity index is 1040. The number of hydrogen-bond acceptors (Lipinski definition) is 3. The Kier molecular flexibility index (Phi) is 4.62. The number of aryl methyl sites for hydroxylation is 1. The first-order chi connectivity index (χ1) is 13.2. The average molecular weight is 361 g/mol. The van der Waals surface area contributed by atoms with E-state index in [1.54, 1.807) is 0 Å². The summed E-state index contributed by atoms with van der Waals surface area (Å²) < 4.78 is 6.24. The molecule has 27 heavy (non-hydrogen) atoms. The molecule has 0 aliphatic carbocycles. The van der Waals surface area contributed by atoms with Crippen LogP contribution in [0.1, 0.15) is 19.8 Å². The van der Waals surface area contributed by atoms with Gasteiger partial charge >= 0.3 is 0 Å². The van der Waals surface area contributed by atoms with E-state index in [2.05, 4.69) is 86.1 Å². The molecule has 0 fully saturated rings. The highest BCUT2D eigenvalue weighted by Crippen LogP contribution is 2.20. The van der Waals surface area contributed by atoms with Gasteiger partial charge in [-0.15, -0.1) is 5.10 Å². The van der Waals surface area contributed by atoms with Crippen molar-refractivity contribution in [3.63, 3.8) is 0 Å². The number of aromatic nitrogens is 5. The van der Waals surface area contributed by atoms with Crippen molar-refractivity contribution in [3.05, 3.63) is 61.2 Å². The van der Waals surface area contributed by atoms with Crippen LogP contribution >= 0.6 is 0 Å². The molecule has 4 aromatic rings. The molecule has 0 bridgehead atoms. The van der Waals surface area contributed by atoms with E-state index in [9.17, 15) is 0 Å². The lowest BCUT2D eigenvalue weighted by atomic mass is 10.2. The van der Waals surface area contributed by atoms with E-state index >= 15 is 0 Å². The van der Waals surface area contributed by atoms with Crippen LogP contribution in [0.25, 0.3) is 22.6 Å². The van der Waals surface area contributed by atoms with E-state index in [-0.39, 0.29) is 0 Å². The van der Waals surface area contributed by atoms with Crippen LogP contribution in [0.4, 0.5) is 5.69 Å². The minimum absolute atomic E-state index is 0.857. The third-order valence-electron chi connectivity index (χ3n) is 4.78.